The number of hydrogen-bond donors (Lipinski definition) is 4. The molecule has 5 N–H and O–H groups in total. The van der Waals surface area contributed by atoms with Crippen molar-refractivity contribution in [2.45, 2.75) is 19.8 Å². The standard InChI is InChI=1S/C4H12N4O/c1-2-3-4(9)6-8-7-5/h7-8H,2-3,5H2,1H3,(H,6,9). The minimum Gasteiger partial charge on any atom is -0.277 e. The highest BCUT2D eigenvalue weighted by Crippen LogP contribution is 1.82. The molecule has 0 saturated heterocycles. The summed E-state index contributed by atoms with van der Waals surface area (Å²) in [5.74, 6) is 4.72. The minimum atomic E-state index is -0.0737. The van der Waals surface area contributed by atoms with Crippen molar-refractivity contribution in [2.75, 3.05) is 0 Å². The number of hydrogen-bond acceptors (Lipinski definition) is 4. The lowest BCUT2D eigenvalue weighted by Gasteiger charge is -2.02. The maximum atomic E-state index is 10.5. The Bertz CT molecular complexity index is 84.6. The van der Waals surface area contributed by atoms with Crippen molar-refractivity contribution in [3.63, 3.8) is 0 Å². The zero-order chi connectivity index (χ0) is 7.11. The Labute approximate surface area is 53.9 Å². The molecular weight excluding hydrogens is 120 g/mol. The van der Waals surface area contributed by atoms with E-state index >= 15 is 0 Å². The molecule has 0 radical (unpaired) electrons. The minimum absolute atomic E-state index is 0.0737. The first-order chi connectivity index (χ1) is 4.31. The van der Waals surface area contributed by atoms with Crippen LogP contribution in [0.2, 0.25) is 0 Å². The van der Waals surface area contributed by atoms with Gasteiger partial charge < -0.3 is 0 Å². The summed E-state index contributed by atoms with van der Waals surface area (Å²) in [4.78, 5) is 10.5. The first kappa shape index (κ1) is 8.35. The van der Waals surface area contributed by atoms with E-state index in [0.717, 1.165) is 6.42 Å². The predicted octanol–water partition coefficient (Wildman–Crippen LogP) is -1.21. The molecule has 0 heterocycles. The van der Waals surface area contributed by atoms with Gasteiger partial charge in [-0.15, -0.1) is 0 Å². The molecule has 0 unspecified atom stereocenters. The van der Waals surface area contributed by atoms with E-state index in [-0.39, 0.29) is 5.91 Å². The van der Waals surface area contributed by atoms with Gasteiger partial charge in [0.15, 0.2) is 0 Å². The van der Waals surface area contributed by atoms with E-state index in [1.165, 1.54) is 0 Å². The van der Waals surface area contributed by atoms with Gasteiger partial charge in [-0.1, -0.05) is 6.92 Å². The SMILES string of the molecule is CCCC(=O)NNNN. The molecule has 9 heavy (non-hydrogen) atoms. The van der Waals surface area contributed by atoms with Crippen LogP contribution in [-0.2, 0) is 4.79 Å². The summed E-state index contributed by atoms with van der Waals surface area (Å²) in [6.07, 6.45) is 1.34. The monoisotopic (exact) mass is 132 g/mol. The van der Waals surface area contributed by atoms with Crippen molar-refractivity contribution < 1.29 is 4.79 Å². The van der Waals surface area contributed by atoms with Gasteiger partial charge >= 0.3 is 0 Å². The van der Waals surface area contributed by atoms with E-state index in [9.17, 15) is 4.79 Å². The number of nitrogens with one attached hydrogen (secondary N) is 3. The zero-order valence-corrected chi connectivity index (χ0v) is 5.40. The highest BCUT2D eigenvalue weighted by molar-refractivity contribution is 5.75. The average molecular weight is 132 g/mol. The van der Waals surface area contributed by atoms with Crippen molar-refractivity contribution in [1.82, 2.24) is 16.5 Å². The van der Waals surface area contributed by atoms with Crippen LogP contribution < -0.4 is 22.3 Å². The third kappa shape index (κ3) is 5.22. The fourth-order valence-electron chi connectivity index (χ4n) is 0.395. The first-order valence-electron chi connectivity index (χ1n) is 2.80. The normalized spacial score (nSPS) is 9.11. The number of amides is 1. The quantitative estimate of drug-likeness (QED) is 0.286. The molecule has 0 aliphatic carbocycles. The van der Waals surface area contributed by atoms with Crippen LogP contribution in [0, 0.1) is 0 Å². The molecule has 5 heteroatoms. The molecule has 54 valence electrons. The van der Waals surface area contributed by atoms with Gasteiger partial charge in [-0.3, -0.25) is 16.1 Å². The molecule has 0 aromatic rings. The topological polar surface area (TPSA) is 79.2 Å². The highest BCUT2D eigenvalue weighted by Gasteiger charge is 1.93. The fourth-order valence-corrected chi connectivity index (χ4v) is 0.395. The summed E-state index contributed by atoms with van der Waals surface area (Å²) < 4.78 is 0. The number of rotatable bonds is 4. The zero-order valence-electron chi connectivity index (χ0n) is 5.40. The van der Waals surface area contributed by atoms with Crippen LogP contribution in [0.1, 0.15) is 19.8 Å². The van der Waals surface area contributed by atoms with E-state index < -0.39 is 0 Å². The van der Waals surface area contributed by atoms with Gasteiger partial charge in [-0.25, -0.2) is 0 Å². The Balaban J connectivity index is 3.06. The van der Waals surface area contributed by atoms with Gasteiger partial charge in [-0.05, 0) is 6.42 Å². The molecule has 0 bridgehead atoms. The van der Waals surface area contributed by atoms with Crippen LogP contribution in [0.15, 0.2) is 0 Å². The summed E-state index contributed by atoms with van der Waals surface area (Å²) in [6.45, 7) is 1.93. The summed E-state index contributed by atoms with van der Waals surface area (Å²) in [7, 11) is 0. The first-order valence-corrected chi connectivity index (χ1v) is 2.80. The van der Waals surface area contributed by atoms with Crippen molar-refractivity contribution in [3.8, 4) is 0 Å². The van der Waals surface area contributed by atoms with E-state index in [2.05, 4.69) is 16.5 Å². The number of carbonyl (C=O) groups excluding carboxylic acids is 1. The molecule has 0 aromatic carbocycles. The second-order valence-electron chi connectivity index (χ2n) is 1.57. The predicted molar refractivity (Wildman–Crippen MR) is 33.5 cm³/mol. The molecule has 0 fully saturated rings. The molecule has 0 aliphatic rings. The Morgan fingerprint density at radius 1 is 1.67 bits per heavy atom. The van der Waals surface area contributed by atoms with Crippen LogP contribution in [0.5, 0.6) is 0 Å². The molecule has 0 atom stereocenters. The Morgan fingerprint density at radius 3 is 2.78 bits per heavy atom. The summed E-state index contributed by atoms with van der Waals surface area (Å²) in [5, 5.41) is 0. The van der Waals surface area contributed by atoms with Crippen LogP contribution >= 0.6 is 0 Å². The molecule has 0 spiro atoms. The lowest BCUT2D eigenvalue weighted by molar-refractivity contribution is -0.122. The molecule has 0 aromatic heterocycles. The van der Waals surface area contributed by atoms with Crippen molar-refractivity contribution in [2.24, 2.45) is 5.84 Å². The van der Waals surface area contributed by atoms with Crippen LogP contribution in [0.3, 0.4) is 0 Å². The summed E-state index contributed by atoms with van der Waals surface area (Å²) in [6, 6.07) is 0. The van der Waals surface area contributed by atoms with E-state index in [4.69, 9.17) is 5.84 Å². The number of carbonyl (C=O) groups is 1. The van der Waals surface area contributed by atoms with Crippen molar-refractivity contribution in [3.05, 3.63) is 0 Å². The van der Waals surface area contributed by atoms with Gasteiger partial charge in [0.05, 0.1) is 0 Å². The van der Waals surface area contributed by atoms with E-state index in [1.54, 1.807) is 0 Å². The summed E-state index contributed by atoms with van der Waals surface area (Å²) in [5.41, 5.74) is 6.64. The van der Waals surface area contributed by atoms with Crippen molar-refractivity contribution in [1.29, 1.82) is 0 Å². The van der Waals surface area contributed by atoms with Gasteiger partial charge in [0.25, 0.3) is 0 Å². The maximum absolute atomic E-state index is 10.5. The average Bonchev–Trinajstić information content (AvgIpc) is 1.85. The number of hydrazine groups is 3. The second kappa shape index (κ2) is 5.49. The Hall–Kier alpha value is -0.650. The van der Waals surface area contributed by atoms with Crippen molar-refractivity contribution >= 4 is 5.91 Å². The van der Waals surface area contributed by atoms with Crippen LogP contribution in [0.4, 0.5) is 0 Å². The van der Waals surface area contributed by atoms with Crippen LogP contribution in [0.25, 0.3) is 0 Å². The second-order valence-corrected chi connectivity index (χ2v) is 1.57. The van der Waals surface area contributed by atoms with E-state index in [0.29, 0.717) is 6.42 Å². The maximum Gasteiger partial charge on any atom is 0.235 e. The molecule has 0 aliphatic heterocycles. The lowest BCUT2D eigenvalue weighted by atomic mass is 10.3. The van der Waals surface area contributed by atoms with Gasteiger partial charge in [0, 0.05) is 6.42 Å². The van der Waals surface area contributed by atoms with Gasteiger partial charge in [0.2, 0.25) is 5.91 Å². The summed E-state index contributed by atoms with van der Waals surface area (Å²) >= 11 is 0. The third-order valence-electron chi connectivity index (χ3n) is 0.751. The smallest absolute Gasteiger partial charge is 0.235 e. The lowest BCUT2D eigenvalue weighted by Crippen LogP contribution is -2.49. The largest absolute Gasteiger partial charge is 0.277 e. The molecular formula is C4H12N4O. The Kier molecular flexibility index (Phi) is 5.09. The molecule has 1 amide bonds. The van der Waals surface area contributed by atoms with Crippen LogP contribution in [-0.4, -0.2) is 5.91 Å². The third-order valence-corrected chi connectivity index (χ3v) is 0.751. The Morgan fingerprint density at radius 2 is 2.33 bits per heavy atom. The molecule has 5 nitrogen and oxygen atoms in total. The van der Waals surface area contributed by atoms with E-state index in [1.807, 2.05) is 6.92 Å². The number of nitrogens with two attached hydrogens (primary N) is 1. The highest BCUT2D eigenvalue weighted by atomic mass is 16.2. The van der Waals surface area contributed by atoms with Gasteiger partial charge in [0.1, 0.15) is 0 Å². The fraction of sp³-hybridized carbons (Fsp3) is 0.750. The molecule has 0 rings (SSSR count). The van der Waals surface area contributed by atoms with Gasteiger partial charge in [-0.2, -0.15) is 11.1 Å². The molecule has 0 saturated carbocycles.